The SMILES string of the molecule is NCCc1ccccc1OCCCBr. The van der Waals surface area contributed by atoms with Crippen molar-refractivity contribution in [3.05, 3.63) is 29.8 Å². The second-order valence-electron chi connectivity index (χ2n) is 3.04. The van der Waals surface area contributed by atoms with Gasteiger partial charge in [-0.15, -0.1) is 0 Å². The molecule has 0 aromatic heterocycles. The van der Waals surface area contributed by atoms with Crippen LogP contribution in [0.5, 0.6) is 5.75 Å². The Morgan fingerprint density at radius 1 is 1.29 bits per heavy atom. The second-order valence-corrected chi connectivity index (χ2v) is 3.83. The van der Waals surface area contributed by atoms with Gasteiger partial charge in [0.15, 0.2) is 0 Å². The van der Waals surface area contributed by atoms with E-state index >= 15 is 0 Å². The Labute approximate surface area is 93.6 Å². The van der Waals surface area contributed by atoms with Crippen LogP contribution in [-0.2, 0) is 6.42 Å². The topological polar surface area (TPSA) is 35.2 Å². The Morgan fingerprint density at radius 2 is 2.07 bits per heavy atom. The number of hydrogen-bond donors (Lipinski definition) is 1. The van der Waals surface area contributed by atoms with Gasteiger partial charge in [0.05, 0.1) is 6.61 Å². The summed E-state index contributed by atoms with van der Waals surface area (Å²) < 4.78 is 5.64. The molecule has 1 aromatic carbocycles. The predicted octanol–water partition coefficient (Wildman–Crippen LogP) is 2.35. The molecule has 78 valence electrons. The fourth-order valence-corrected chi connectivity index (χ4v) is 1.47. The Kier molecular flexibility index (Phi) is 5.64. The molecule has 0 saturated heterocycles. The van der Waals surface area contributed by atoms with Crippen molar-refractivity contribution in [3.8, 4) is 5.75 Å². The van der Waals surface area contributed by atoms with Crippen LogP contribution in [0.15, 0.2) is 24.3 Å². The third-order valence-electron chi connectivity index (χ3n) is 1.92. The van der Waals surface area contributed by atoms with Gasteiger partial charge in [-0.1, -0.05) is 34.1 Å². The average Bonchev–Trinajstić information content (AvgIpc) is 2.21. The summed E-state index contributed by atoms with van der Waals surface area (Å²) in [6.07, 6.45) is 1.90. The lowest BCUT2D eigenvalue weighted by atomic mass is 10.1. The zero-order chi connectivity index (χ0) is 10.2. The molecule has 3 heteroatoms. The number of halogens is 1. The minimum atomic E-state index is 0.665. The first-order chi connectivity index (χ1) is 6.88. The van der Waals surface area contributed by atoms with Crippen molar-refractivity contribution in [1.82, 2.24) is 0 Å². The van der Waals surface area contributed by atoms with Gasteiger partial charge in [0, 0.05) is 5.33 Å². The Morgan fingerprint density at radius 3 is 2.79 bits per heavy atom. The molecule has 0 bridgehead atoms. The first kappa shape index (κ1) is 11.5. The van der Waals surface area contributed by atoms with Gasteiger partial charge >= 0.3 is 0 Å². The van der Waals surface area contributed by atoms with Gasteiger partial charge in [0.2, 0.25) is 0 Å². The average molecular weight is 258 g/mol. The lowest BCUT2D eigenvalue weighted by Crippen LogP contribution is -2.06. The van der Waals surface area contributed by atoms with Crippen LogP contribution in [0.2, 0.25) is 0 Å². The van der Waals surface area contributed by atoms with Crippen LogP contribution < -0.4 is 10.5 Å². The fourth-order valence-electron chi connectivity index (χ4n) is 1.24. The summed E-state index contributed by atoms with van der Waals surface area (Å²) in [7, 11) is 0. The molecular weight excluding hydrogens is 242 g/mol. The molecule has 1 rings (SSSR count). The highest BCUT2D eigenvalue weighted by molar-refractivity contribution is 9.09. The molecule has 0 aliphatic carbocycles. The smallest absolute Gasteiger partial charge is 0.122 e. The number of para-hydroxylation sites is 1. The molecule has 1 aromatic rings. The summed E-state index contributed by atoms with van der Waals surface area (Å²) in [6, 6.07) is 8.07. The molecule has 0 radical (unpaired) electrons. The standard InChI is InChI=1S/C11H16BrNO/c12-7-3-9-14-11-5-2-1-4-10(11)6-8-13/h1-2,4-5H,3,6-9,13H2. The normalized spacial score (nSPS) is 10.1. The maximum Gasteiger partial charge on any atom is 0.122 e. The third kappa shape index (κ3) is 3.68. The van der Waals surface area contributed by atoms with E-state index in [1.807, 2.05) is 18.2 Å². The highest BCUT2D eigenvalue weighted by Crippen LogP contribution is 2.18. The molecule has 14 heavy (non-hydrogen) atoms. The van der Waals surface area contributed by atoms with Gasteiger partial charge in [-0.05, 0) is 31.0 Å². The summed E-state index contributed by atoms with van der Waals surface area (Å²) in [5, 5.41) is 0.978. The van der Waals surface area contributed by atoms with Gasteiger partial charge in [-0.3, -0.25) is 0 Å². The summed E-state index contributed by atoms with van der Waals surface area (Å²) in [4.78, 5) is 0. The minimum Gasteiger partial charge on any atom is -0.493 e. The molecule has 0 fully saturated rings. The summed E-state index contributed by atoms with van der Waals surface area (Å²) in [6.45, 7) is 1.42. The van der Waals surface area contributed by atoms with Gasteiger partial charge in [0.25, 0.3) is 0 Å². The monoisotopic (exact) mass is 257 g/mol. The summed E-state index contributed by atoms with van der Waals surface area (Å²) in [5.74, 6) is 0.971. The van der Waals surface area contributed by atoms with Gasteiger partial charge in [-0.25, -0.2) is 0 Å². The number of nitrogens with two attached hydrogens (primary N) is 1. The number of rotatable bonds is 6. The van der Waals surface area contributed by atoms with Crippen LogP contribution in [0.4, 0.5) is 0 Å². The minimum absolute atomic E-state index is 0.665. The van der Waals surface area contributed by atoms with Crippen LogP contribution in [0.3, 0.4) is 0 Å². The molecule has 0 spiro atoms. The molecule has 0 amide bonds. The molecule has 0 aliphatic heterocycles. The number of hydrogen-bond acceptors (Lipinski definition) is 2. The van der Waals surface area contributed by atoms with E-state index in [-0.39, 0.29) is 0 Å². The quantitative estimate of drug-likeness (QED) is 0.628. The van der Waals surface area contributed by atoms with Crippen LogP contribution in [0.25, 0.3) is 0 Å². The second kappa shape index (κ2) is 6.85. The highest BCUT2D eigenvalue weighted by Gasteiger charge is 2.00. The molecule has 2 N–H and O–H groups in total. The Hall–Kier alpha value is -0.540. The lowest BCUT2D eigenvalue weighted by molar-refractivity contribution is 0.316. The highest BCUT2D eigenvalue weighted by atomic mass is 79.9. The molecule has 0 heterocycles. The Balaban J connectivity index is 2.55. The zero-order valence-electron chi connectivity index (χ0n) is 8.21. The van der Waals surface area contributed by atoms with Crippen LogP contribution >= 0.6 is 15.9 Å². The van der Waals surface area contributed by atoms with Crippen LogP contribution in [-0.4, -0.2) is 18.5 Å². The van der Waals surface area contributed by atoms with Gasteiger partial charge in [-0.2, -0.15) is 0 Å². The first-order valence-electron chi connectivity index (χ1n) is 4.85. The molecule has 2 nitrogen and oxygen atoms in total. The first-order valence-corrected chi connectivity index (χ1v) is 5.97. The number of benzene rings is 1. The fraction of sp³-hybridized carbons (Fsp3) is 0.455. The van der Waals surface area contributed by atoms with E-state index in [0.29, 0.717) is 6.54 Å². The van der Waals surface area contributed by atoms with Crippen molar-refractivity contribution < 1.29 is 4.74 Å². The van der Waals surface area contributed by atoms with Crippen LogP contribution in [0.1, 0.15) is 12.0 Å². The van der Waals surface area contributed by atoms with Crippen molar-refractivity contribution in [2.24, 2.45) is 5.73 Å². The largest absolute Gasteiger partial charge is 0.493 e. The van der Waals surface area contributed by atoms with E-state index in [4.69, 9.17) is 10.5 Å². The number of ether oxygens (including phenoxy) is 1. The lowest BCUT2D eigenvalue weighted by Gasteiger charge is -2.09. The van der Waals surface area contributed by atoms with E-state index < -0.39 is 0 Å². The molecule has 0 aliphatic rings. The van der Waals surface area contributed by atoms with Gasteiger partial charge < -0.3 is 10.5 Å². The molecule has 0 unspecified atom stereocenters. The maximum absolute atomic E-state index is 5.64. The maximum atomic E-state index is 5.64. The van der Waals surface area contributed by atoms with Gasteiger partial charge in [0.1, 0.15) is 5.75 Å². The van der Waals surface area contributed by atoms with E-state index in [0.717, 1.165) is 30.5 Å². The van der Waals surface area contributed by atoms with Crippen LogP contribution in [0, 0.1) is 0 Å². The summed E-state index contributed by atoms with van der Waals surface area (Å²) >= 11 is 3.37. The van der Waals surface area contributed by atoms with Crippen molar-refractivity contribution in [2.75, 3.05) is 18.5 Å². The van der Waals surface area contributed by atoms with E-state index in [2.05, 4.69) is 22.0 Å². The molecular formula is C11H16BrNO. The number of alkyl halides is 1. The van der Waals surface area contributed by atoms with E-state index in [9.17, 15) is 0 Å². The molecule has 0 atom stereocenters. The van der Waals surface area contributed by atoms with Crippen molar-refractivity contribution >= 4 is 15.9 Å². The van der Waals surface area contributed by atoms with Crippen molar-refractivity contribution in [1.29, 1.82) is 0 Å². The molecule has 0 saturated carbocycles. The predicted molar refractivity (Wildman–Crippen MR) is 63.1 cm³/mol. The zero-order valence-corrected chi connectivity index (χ0v) is 9.79. The van der Waals surface area contributed by atoms with E-state index in [1.165, 1.54) is 5.56 Å². The van der Waals surface area contributed by atoms with E-state index in [1.54, 1.807) is 0 Å². The van der Waals surface area contributed by atoms with Crippen molar-refractivity contribution in [3.63, 3.8) is 0 Å². The third-order valence-corrected chi connectivity index (χ3v) is 2.48. The summed E-state index contributed by atoms with van der Waals surface area (Å²) in [5.41, 5.74) is 6.72. The Bertz CT molecular complexity index is 265. The van der Waals surface area contributed by atoms with Crippen molar-refractivity contribution in [2.45, 2.75) is 12.8 Å².